The van der Waals surface area contributed by atoms with E-state index < -0.39 is 32.5 Å². The van der Waals surface area contributed by atoms with Gasteiger partial charge in [-0.1, -0.05) is 173 Å². The van der Waals surface area contributed by atoms with Gasteiger partial charge in [0.2, 0.25) is 0 Å². The van der Waals surface area contributed by atoms with E-state index in [1.165, 1.54) is 128 Å². The predicted molar refractivity (Wildman–Crippen MR) is 195 cm³/mol. The number of hydrogen-bond acceptors (Lipinski definition) is 7. The van der Waals surface area contributed by atoms with Crippen molar-refractivity contribution in [3.8, 4) is 0 Å². The number of allylic oxidation sites excluding steroid dienone is 2. The molecule has 0 saturated carbocycles. The van der Waals surface area contributed by atoms with Crippen molar-refractivity contribution >= 4 is 22.1 Å². The summed E-state index contributed by atoms with van der Waals surface area (Å²) in [5, 5.41) is 0. The number of unbranched alkanes of at least 4 members (excludes halogenated alkanes) is 22. The number of ether oxygens (including phenoxy) is 2. The Morgan fingerprint density at radius 1 is 0.571 bits per heavy atom. The first kappa shape index (κ1) is 47.5. The minimum Gasteiger partial charge on any atom is -0.744 e. The fourth-order valence-electron chi connectivity index (χ4n) is 5.74. The molecule has 0 spiro atoms. The monoisotopic (exact) mass is 712 g/mol. The van der Waals surface area contributed by atoms with Gasteiger partial charge < -0.3 is 14.0 Å². The number of hydrogen-bond donors (Lipinski definition) is 0. The second-order valence-corrected chi connectivity index (χ2v) is 14.3. The van der Waals surface area contributed by atoms with Crippen LogP contribution in [0.5, 0.6) is 0 Å². The first-order valence-electron chi connectivity index (χ1n) is 19.1. The third-order valence-electron chi connectivity index (χ3n) is 8.62. The Labute approximate surface area is 321 Å². The van der Waals surface area contributed by atoms with E-state index >= 15 is 0 Å². The van der Waals surface area contributed by atoms with E-state index in [-0.39, 0.29) is 48.3 Å². The van der Waals surface area contributed by atoms with Crippen LogP contribution in [0.3, 0.4) is 0 Å². The van der Waals surface area contributed by atoms with Crippen molar-refractivity contribution in [2.75, 3.05) is 13.2 Å². The van der Waals surface area contributed by atoms with Crippen LogP contribution in [0, 0.1) is 0 Å². The molecular weight excluding hydrogens is 647 g/mol. The Bertz CT molecular complexity index is 1150. The van der Waals surface area contributed by atoms with Crippen molar-refractivity contribution in [1.82, 2.24) is 0 Å². The van der Waals surface area contributed by atoms with E-state index in [9.17, 15) is 22.6 Å². The number of rotatable bonds is 31. The Morgan fingerprint density at radius 3 is 1.33 bits per heavy atom. The van der Waals surface area contributed by atoms with Crippen LogP contribution >= 0.6 is 0 Å². The molecule has 0 fully saturated rings. The normalized spacial score (nSPS) is 11.7. The molecule has 7 nitrogen and oxygen atoms in total. The van der Waals surface area contributed by atoms with Gasteiger partial charge in [-0.15, -0.1) is 0 Å². The summed E-state index contributed by atoms with van der Waals surface area (Å²) in [5.41, 5.74) is -0.887. The molecule has 0 N–H and O–H groups in total. The summed E-state index contributed by atoms with van der Waals surface area (Å²) in [6, 6.07) is 3.52. The molecule has 0 amide bonds. The van der Waals surface area contributed by atoms with Crippen molar-refractivity contribution in [2.24, 2.45) is 0 Å². The number of benzene rings is 1. The molecule has 0 atom stereocenters. The van der Waals surface area contributed by atoms with Gasteiger partial charge in [-0.2, -0.15) is 0 Å². The van der Waals surface area contributed by atoms with Crippen LogP contribution in [0.1, 0.15) is 189 Å². The van der Waals surface area contributed by atoms with Crippen molar-refractivity contribution in [2.45, 2.75) is 173 Å². The zero-order valence-corrected chi connectivity index (χ0v) is 34.0. The van der Waals surface area contributed by atoms with E-state index in [1.54, 1.807) is 12.2 Å². The smallest absolute Gasteiger partial charge is 0.744 e. The maximum absolute atomic E-state index is 12.9. The van der Waals surface area contributed by atoms with E-state index in [0.29, 0.717) is 0 Å². The van der Waals surface area contributed by atoms with Gasteiger partial charge in [0.1, 0.15) is 23.3 Å². The molecular formula is C40H65NaO7S. The molecule has 1 rings (SSSR count). The first-order valence-corrected chi connectivity index (χ1v) is 20.5. The van der Waals surface area contributed by atoms with Gasteiger partial charge in [-0.05, 0) is 37.8 Å². The van der Waals surface area contributed by atoms with Gasteiger partial charge in [0, 0.05) is 0 Å². The van der Waals surface area contributed by atoms with Crippen molar-refractivity contribution in [3.05, 3.63) is 53.6 Å². The van der Waals surface area contributed by atoms with E-state index in [0.717, 1.165) is 44.6 Å². The van der Waals surface area contributed by atoms with Gasteiger partial charge in [0.05, 0.1) is 16.0 Å². The van der Waals surface area contributed by atoms with E-state index in [4.69, 9.17) is 9.47 Å². The molecule has 0 aliphatic carbocycles. The van der Waals surface area contributed by atoms with E-state index in [2.05, 4.69) is 13.8 Å². The van der Waals surface area contributed by atoms with Crippen LogP contribution < -0.4 is 29.6 Å². The largest absolute Gasteiger partial charge is 1.00 e. The Hall–Kier alpha value is -1.45. The summed E-state index contributed by atoms with van der Waals surface area (Å²) >= 11 is 0. The molecule has 0 saturated heterocycles. The molecule has 0 aliphatic rings. The molecule has 1 aromatic rings. The fourth-order valence-corrected chi connectivity index (χ4v) is 6.43. The number of esters is 2. The van der Waals surface area contributed by atoms with Crippen LogP contribution in [-0.4, -0.2) is 38.1 Å². The quantitative estimate of drug-likeness (QED) is 0.0250. The third kappa shape index (κ3) is 25.2. The van der Waals surface area contributed by atoms with Gasteiger partial charge in [-0.25, -0.2) is 18.0 Å². The molecule has 0 bridgehead atoms. The molecule has 0 unspecified atom stereocenters. The summed E-state index contributed by atoms with van der Waals surface area (Å²) in [6.45, 7) is 4.36. The summed E-state index contributed by atoms with van der Waals surface area (Å²) in [5.74, 6) is -1.94. The van der Waals surface area contributed by atoms with Crippen LogP contribution in [-0.2, 0) is 19.6 Å². The second kappa shape index (κ2) is 32.5. The number of carbonyl (C=O) groups is 2. The fraction of sp³-hybridized carbons (Fsp3) is 0.700. The summed E-state index contributed by atoms with van der Waals surface area (Å²) in [4.78, 5) is 24.9. The van der Waals surface area contributed by atoms with Gasteiger partial charge in [-0.3, -0.25) is 0 Å². The SMILES string of the molecule is CCCCCCCCCCCCC/C=C/COC(=O)c1cccc(S(=O)(=O)[O-])c1C(=O)OC/C=C/CCCCCCCCCCCCC.[Na+]. The van der Waals surface area contributed by atoms with Gasteiger partial charge >= 0.3 is 41.5 Å². The molecule has 274 valence electrons. The Kier molecular flexibility index (Phi) is 31.5. The van der Waals surface area contributed by atoms with Crippen molar-refractivity contribution in [1.29, 1.82) is 0 Å². The first-order chi connectivity index (χ1) is 23.3. The minimum absolute atomic E-state index is 0. The molecule has 0 aromatic heterocycles. The third-order valence-corrected chi connectivity index (χ3v) is 9.50. The van der Waals surface area contributed by atoms with Gasteiger partial charge in [0.15, 0.2) is 0 Å². The molecule has 0 aliphatic heterocycles. The molecule has 0 heterocycles. The second-order valence-electron chi connectivity index (χ2n) is 12.9. The maximum atomic E-state index is 12.9. The molecule has 9 heteroatoms. The zero-order chi connectivity index (χ0) is 35.1. The number of carbonyl (C=O) groups excluding carboxylic acids is 2. The average Bonchev–Trinajstić information content (AvgIpc) is 3.07. The Balaban J connectivity index is 0.0000230. The van der Waals surface area contributed by atoms with Crippen molar-refractivity contribution < 1.29 is 61.6 Å². The molecule has 1 aromatic carbocycles. The Morgan fingerprint density at radius 2 is 0.939 bits per heavy atom. The molecule has 0 radical (unpaired) electrons. The van der Waals surface area contributed by atoms with E-state index in [1.807, 2.05) is 12.2 Å². The summed E-state index contributed by atoms with van der Waals surface area (Å²) in [7, 11) is -5.04. The standard InChI is InChI=1S/C40H66O7S.Na/c1-3-5-7-9-11-13-15-17-19-21-23-25-27-29-34-46-39(41)36-32-31-33-37(48(43,44)45)38(36)40(42)47-35-30-28-26-24-22-20-18-16-14-12-10-8-6-4-2;/h27-33H,3-26,34-35H2,1-2H3,(H,43,44,45);/q;+1/p-1/b29-27+,30-28+;. The predicted octanol–water partition coefficient (Wildman–Crippen LogP) is 8.42. The van der Waals surface area contributed by atoms with Crippen molar-refractivity contribution in [3.63, 3.8) is 0 Å². The van der Waals surface area contributed by atoms with Gasteiger partial charge in [0.25, 0.3) is 0 Å². The molecule has 49 heavy (non-hydrogen) atoms. The summed E-state index contributed by atoms with van der Waals surface area (Å²) in [6.07, 6.45) is 37.0. The maximum Gasteiger partial charge on any atom is 1.00 e. The van der Waals surface area contributed by atoms with Crippen LogP contribution in [0.2, 0.25) is 0 Å². The van der Waals surface area contributed by atoms with Crippen LogP contribution in [0.4, 0.5) is 0 Å². The average molecular weight is 713 g/mol. The van der Waals surface area contributed by atoms with Crippen LogP contribution in [0.15, 0.2) is 47.4 Å². The minimum atomic E-state index is -5.04. The topological polar surface area (TPSA) is 110 Å². The summed E-state index contributed by atoms with van der Waals surface area (Å²) < 4.78 is 46.3. The zero-order valence-electron chi connectivity index (χ0n) is 31.2. The van der Waals surface area contributed by atoms with Crippen LogP contribution in [0.25, 0.3) is 0 Å².